The fourth-order valence-corrected chi connectivity index (χ4v) is 3.38. The van der Waals surface area contributed by atoms with Gasteiger partial charge >= 0.3 is 47.0 Å². The Morgan fingerprint density at radius 3 is 1.17 bits per heavy atom. The second kappa shape index (κ2) is 8.64. The number of carboxylic acids is 1. The average molecular weight is 584 g/mol. The summed E-state index contributed by atoms with van der Waals surface area (Å²) in [6, 6.07) is 0. The quantitative estimate of drug-likeness (QED) is 0.350. The SMILES string of the molecule is CCN(CC(=O)[O-])S(=O)(=O)C(F)(F)C(F)(F)C(F)(F)C(F)(F)C(F)(F)C(F)(F)C(F)(F)C(F)(F)F. The third-order valence-corrected chi connectivity index (χ3v) is 5.99. The minimum absolute atomic E-state index is 0.343. The number of halogens is 17. The molecule has 23 heteroatoms. The predicted octanol–water partition coefficient (Wildman–Crippen LogP) is 3.35. The lowest BCUT2D eigenvalue weighted by Gasteiger charge is -2.43. The van der Waals surface area contributed by atoms with Crippen molar-refractivity contribution >= 4 is 16.0 Å². The van der Waals surface area contributed by atoms with Gasteiger partial charge in [0.2, 0.25) is 0 Å². The van der Waals surface area contributed by atoms with Crippen LogP contribution >= 0.6 is 0 Å². The number of nitrogens with zero attached hydrogens (tertiary/aromatic N) is 1. The van der Waals surface area contributed by atoms with Crippen LogP contribution in [-0.4, -0.2) is 78.7 Å². The Hall–Kier alpha value is -1.81. The first-order valence-corrected chi connectivity index (χ1v) is 9.22. The molecule has 35 heavy (non-hydrogen) atoms. The van der Waals surface area contributed by atoms with E-state index < -0.39 is 80.4 Å². The van der Waals surface area contributed by atoms with Gasteiger partial charge in [-0.3, -0.25) is 0 Å². The summed E-state index contributed by atoms with van der Waals surface area (Å²) in [6.07, 6.45) is -7.92. The molecule has 0 atom stereocenters. The number of likely N-dealkylation sites (N-methyl/N-ethyl adjacent to an activating group) is 1. The Morgan fingerprint density at radius 1 is 0.629 bits per heavy atom. The van der Waals surface area contributed by atoms with E-state index in [2.05, 4.69) is 0 Å². The van der Waals surface area contributed by atoms with Gasteiger partial charge in [-0.2, -0.15) is 78.9 Å². The molecule has 0 heterocycles. The van der Waals surface area contributed by atoms with E-state index in [1.807, 2.05) is 0 Å². The zero-order valence-corrected chi connectivity index (χ0v) is 16.6. The second-order valence-electron chi connectivity index (χ2n) is 6.26. The molecule has 0 radical (unpaired) electrons. The number of aliphatic carboxylic acids is 1. The molecule has 0 amide bonds. The minimum Gasteiger partial charge on any atom is -0.549 e. The van der Waals surface area contributed by atoms with Gasteiger partial charge in [0.25, 0.3) is 10.0 Å². The minimum atomic E-state index is -8.95. The topological polar surface area (TPSA) is 77.5 Å². The lowest BCUT2D eigenvalue weighted by molar-refractivity contribution is -0.458. The van der Waals surface area contributed by atoms with Crippen LogP contribution in [0, 0.1) is 0 Å². The fraction of sp³-hybridized carbons (Fsp3) is 0.917. The summed E-state index contributed by atoms with van der Waals surface area (Å²) in [5.74, 6) is -55.0. The summed E-state index contributed by atoms with van der Waals surface area (Å²) in [5, 5.41) is 2.51. The number of hydrogen-bond acceptors (Lipinski definition) is 4. The summed E-state index contributed by atoms with van der Waals surface area (Å²) in [5.41, 5.74) is 0. The number of sulfonamides is 1. The van der Waals surface area contributed by atoms with Crippen molar-refractivity contribution in [1.82, 2.24) is 4.31 Å². The molecule has 0 aliphatic heterocycles. The molecule has 0 saturated carbocycles. The number of carbonyl (C=O) groups is 1. The van der Waals surface area contributed by atoms with Crippen molar-refractivity contribution < 1.29 is 93.0 Å². The van der Waals surface area contributed by atoms with E-state index in [0.717, 1.165) is 0 Å². The van der Waals surface area contributed by atoms with Crippen LogP contribution in [0.25, 0.3) is 0 Å². The molecule has 0 aliphatic carbocycles. The standard InChI is InChI=1S/C12H8F17NO4S/c1-2-30(3-4(31)32)35(33,34)12(28,29)10(23,24)8(19,20)6(15,16)5(13,14)7(17,18)9(21,22)11(25,26)27/h2-3H2,1H3,(H,31,32)/p-1. The number of rotatable bonds is 11. The van der Waals surface area contributed by atoms with Gasteiger partial charge in [-0.05, 0) is 0 Å². The Balaban J connectivity index is 7.05. The summed E-state index contributed by atoms with van der Waals surface area (Å²) in [6.45, 7) is -3.69. The van der Waals surface area contributed by atoms with Crippen LogP contribution < -0.4 is 5.11 Å². The van der Waals surface area contributed by atoms with E-state index in [4.69, 9.17) is 0 Å². The van der Waals surface area contributed by atoms with E-state index >= 15 is 0 Å². The van der Waals surface area contributed by atoms with Crippen molar-refractivity contribution in [2.24, 2.45) is 0 Å². The first-order chi connectivity index (χ1) is 14.9. The van der Waals surface area contributed by atoms with Crippen LogP contribution in [0.3, 0.4) is 0 Å². The monoisotopic (exact) mass is 584 g/mol. The largest absolute Gasteiger partial charge is 0.549 e. The Bertz CT molecular complexity index is 911. The van der Waals surface area contributed by atoms with Crippen molar-refractivity contribution in [3.05, 3.63) is 0 Å². The van der Waals surface area contributed by atoms with Crippen molar-refractivity contribution in [2.75, 3.05) is 13.1 Å². The van der Waals surface area contributed by atoms with Crippen LogP contribution in [0.4, 0.5) is 74.6 Å². The van der Waals surface area contributed by atoms with Crippen LogP contribution in [0.2, 0.25) is 0 Å². The summed E-state index contributed by atoms with van der Waals surface area (Å²) in [4.78, 5) is 10.3. The highest BCUT2D eigenvalue weighted by molar-refractivity contribution is 7.90. The van der Waals surface area contributed by atoms with E-state index in [1.165, 1.54) is 0 Å². The van der Waals surface area contributed by atoms with Gasteiger partial charge in [-0.25, -0.2) is 8.42 Å². The maximum atomic E-state index is 13.8. The molecule has 5 nitrogen and oxygen atoms in total. The third kappa shape index (κ3) is 4.34. The molecule has 0 spiro atoms. The first-order valence-electron chi connectivity index (χ1n) is 7.78. The predicted molar refractivity (Wildman–Crippen MR) is 71.9 cm³/mol. The van der Waals surface area contributed by atoms with Crippen molar-refractivity contribution in [1.29, 1.82) is 0 Å². The molecular formula is C12H7F17NO4S-. The van der Waals surface area contributed by atoms with Crippen LogP contribution in [0.5, 0.6) is 0 Å². The van der Waals surface area contributed by atoms with Gasteiger partial charge in [0.15, 0.2) is 0 Å². The first kappa shape index (κ1) is 33.2. The lowest BCUT2D eigenvalue weighted by atomic mass is 9.91. The highest BCUT2D eigenvalue weighted by Crippen LogP contribution is 2.64. The zero-order valence-electron chi connectivity index (χ0n) is 15.8. The maximum absolute atomic E-state index is 13.8. The van der Waals surface area contributed by atoms with Gasteiger partial charge in [-0.15, -0.1) is 0 Å². The van der Waals surface area contributed by atoms with Gasteiger partial charge in [-0.1, -0.05) is 6.92 Å². The van der Waals surface area contributed by atoms with Crippen molar-refractivity contribution in [3.8, 4) is 0 Å². The maximum Gasteiger partial charge on any atom is 0.460 e. The van der Waals surface area contributed by atoms with E-state index in [1.54, 1.807) is 0 Å². The molecule has 0 fully saturated rings. The van der Waals surface area contributed by atoms with E-state index in [9.17, 15) is 93.0 Å². The van der Waals surface area contributed by atoms with Gasteiger partial charge in [0, 0.05) is 6.54 Å². The lowest BCUT2D eigenvalue weighted by Crippen LogP contribution is -2.75. The number of hydrogen-bond donors (Lipinski definition) is 0. The van der Waals surface area contributed by atoms with E-state index in [0.29, 0.717) is 6.92 Å². The number of carboxylic acid groups (broad SMARTS) is 1. The molecule has 0 aromatic heterocycles. The Kier molecular flexibility index (Phi) is 8.20. The average Bonchev–Trinajstić information content (AvgIpc) is 2.63. The highest BCUT2D eigenvalue weighted by Gasteiger charge is 2.96. The van der Waals surface area contributed by atoms with Crippen LogP contribution in [0.15, 0.2) is 0 Å². The summed E-state index contributed by atoms with van der Waals surface area (Å²) < 4.78 is 245. The van der Waals surface area contributed by atoms with Crippen LogP contribution in [-0.2, 0) is 14.8 Å². The van der Waals surface area contributed by atoms with Crippen molar-refractivity contribution in [2.45, 2.75) is 53.9 Å². The summed E-state index contributed by atoms with van der Waals surface area (Å²) in [7, 11) is -7.62. The van der Waals surface area contributed by atoms with Gasteiger partial charge < -0.3 is 9.90 Å². The van der Waals surface area contributed by atoms with E-state index in [-0.39, 0.29) is 0 Å². The molecule has 210 valence electrons. The smallest absolute Gasteiger partial charge is 0.460 e. The van der Waals surface area contributed by atoms with Crippen molar-refractivity contribution in [3.63, 3.8) is 0 Å². The second-order valence-corrected chi connectivity index (χ2v) is 8.24. The molecule has 0 saturated heterocycles. The third-order valence-electron chi connectivity index (χ3n) is 4.02. The summed E-state index contributed by atoms with van der Waals surface area (Å²) >= 11 is 0. The molecule has 0 unspecified atom stereocenters. The fourth-order valence-electron chi connectivity index (χ4n) is 1.98. The molecule has 0 rings (SSSR count). The number of carbonyl (C=O) groups excluding carboxylic acids is 1. The Labute approximate surface area is 181 Å². The van der Waals surface area contributed by atoms with Gasteiger partial charge in [0.05, 0.1) is 12.5 Å². The van der Waals surface area contributed by atoms with Gasteiger partial charge in [0.1, 0.15) is 0 Å². The molecule has 0 bridgehead atoms. The number of alkyl halides is 17. The molecular weight excluding hydrogens is 577 g/mol. The highest BCUT2D eigenvalue weighted by atomic mass is 32.2. The normalized spacial score (nSPS) is 16.1. The molecule has 0 N–H and O–H groups in total. The van der Waals surface area contributed by atoms with Crippen LogP contribution in [0.1, 0.15) is 6.92 Å². The molecule has 0 aliphatic rings. The molecule has 0 aromatic rings. The Morgan fingerprint density at radius 2 is 0.914 bits per heavy atom. The molecule has 0 aromatic carbocycles. The zero-order chi connectivity index (χ0) is 29.1.